The standard InChI is InChI=1S/C17H22F4N2/c18-15-11-13(5-6-14(15)17(19,20)21)16(12-3-1-2-4-12)23-9-7-22-8-10-23/h5-6,11-12,16,22H,1-4,7-10H2/t16-/m0/s1. The van der Waals surface area contributed by atoms with Crippen molar-refractivity contribution in [3.8, 4) is 0 Å². The zero-order chi connectivity index (χ0) is 16.4. The Kier molecular flexibility index (Phi) is 4.92. The molecular formula is C17H22F4N2. The zero-order valence-electron chi connectivity index (χ0n) is 13.0. The lowest BCUT2D eigenvalue weighted by Crippen LogP contribution is -2.46. The van der Waals surface area contributed by atoms with Crippen LogP contribution in [0.1, 0.15) is 42.9 Å². The summed E-state index contributed by atoms with van der Waals surface area (Å²) in [4.78, 5) is 2.30. The van der Waals surface area contributed by atoms with Crippen LogP contribution >= 0.6 is 0 Å². The molecular weight excluding hydrogens is 308 g/mol. The van der Waals surface area contributed by atoms with Crippen LogP contribution in [0.2, 0.25) is 0 Å². The lowest BCUT2D eigenvalue weighted by Gasteiger charge is -2.38. The molecule has 1 atom stereocenters. The van der Waals surface area contributed by atoms with Crippen LogP contribution < -0.4 is 5.32 Å². The molecule has 23 heavy (non-hydrogen) atoms. The van der Waals surface area contributed by atoms with Crippen LogP contribution in [0.25, 0.3) is 0 Å². The van der Waals surface area contributed by atoms with Gasteiger partial charge >= 0.3 is 6.18 Å². The van der Waals surface area contributed by atoms with Gasteiger partial charge in [0, 0.05) is 32.2 Å². The maximum Gasteiger partial charge on any atom is 0.419 e. The molecule has 1 aromatic rings. The smallest absolute Gasteiger partial charge is 0.314 e. The zero-order valence-corrected chi connectivity index (χ0v) is 13.0. The lowest BCUT2D eigenvalue weighted by molar-refractivity contribution is -0.140. The summed E-state index contributed by atoms with van der Waals surface area (Å²) in [6.07, 6.45) is -0.207. The van der Waals surface area contributed by atoms with E-state index in [9.17, 15) is 17.6 Å². The molecule has 1 saturated heterocycles. The molecule has 2 nitrogen and oxygen atoms in total. The van der Waals surface area contributed by atoms with Gasteiger partial charge in [0.1, 0.15) is 5.82 Å². The van der Waals surface area contributed by atoms with E-state index in [1.54, 1.807) is 0 Å². The number of hydrogen-bond acceptors (Lipinski definition) is 2. The number of halogens is 4. The Morgan fingerprint density at radius 2 is 1.74 bits per heavy atom. The highest BCUT2D eigenvalue weighted by molar-refractivity contribution is 5.29. The van der Waals surface area contributed by atoms with Gasteiger partial charge in [0.25, 0.3) is 0 Å². The van der Waals surface area contributed by atoms with Crippen molar-refractivity contribution in [3.63, 3.8) is 0 Å². The monoisotopic (exact) mass is 330 g/mol. The van der Waals surface area contributed by atoms with Crippen LogP contribution in [0.3, 0.4) is 0 Å². The van der Waals surface area contributed by atoms with Crippen molar-refractivity contribution in [3.05, 3.63) is 35.1 Å². The molecule has 1 aliphatic carbocycles. The summed E-state index contributed by atoms with van der Waals surface area (Å²) in [6.45, 7) is 3.44. The SMILES string of the molecule is Fc1cc([C@H](C2CCCC2)N2CCNCC2)ccc1C(F)(F)F. The number of rotatable bonds is 3. The van der Waals surface area contributed by atoms with Crippen LogP contribution in [0, 0.1) is 11.7 Å². The van der Waals surface area contributed by atoms with E-state index in [1.807, 2.05) is 0 Å². The Morgan fingerprint density at radius 1 is 1.09 bits per heavy atom. The molecule has 0 spiro atoms. The van der Waals surface area contributed by atoms with E-state index in [2.05, 4.69) is 10.2 Å². The van der Waals surface area contributed by atoms with Crippen molar-refractivity contribution < 1.29 is 17.6 Å². The third kappa shape index (κ3) is 3.69. The summed E-state index contributed by atoms with van der Waals surface area (Å²) in [6, 6.07) is 3.50. The second-order valence-electron chi connectivity index (χ2n) is 6.51. The highest BCUT2D eigenvalue weighted by Crippen LogP contribution is 2.41. The van der Waals surface area contributed by atoms with E-state index >= 15 is 0 Å². The third-order valence-corrected chi connectivity index (χ3v) is 5.03. The molecule has 1 saturated carbocycles. The highest BCUT2D eigenvalue weighted by Gasteiger charge is 2.36. The first kappa shape index (κ1) is 16.7. The second kappa shape index (κ2) is 6.77. The van der Waals surface area contributed by atoms with E-state index in [-0.39, 0.29) is 6.04 Å². The lowest BCUT2D eigenvalue weighted by atomic mass is 9.89. The molecule has 1 aromatic carbocycles. The highest BCUT2D eigenvalue weighted by atomic mass is 19.4. The third-order valence-electron chi connectivity index (χ3n) is 5.03. The van der Waals surface area contributed by atoms with Crippen LogP contribution in [0.15, 0.2) is 18.2 Å². The Bertz CT molecular complexity index is 532. The molecule has 1 aliphatic heterocycles. The fourth-order valence-electron chi connectivity index (χ4n) is 3.96. The summed E-state index contributed by atoms with van der Waals surface area (Å²) in [5.74, 6) is -0.752. The predicted octanol–water partition coefficient (Wildman–Crippen LogP) is 3.98. The van der Waals surface area contributed by atoms with Gasteiger partial charge in [0.2, 0.25) is 0 Å². The van der Waals surface area contributed by atoms with Crippen molar-refractivity contribution in [2.24, 2.45) is 5.92 Å². The number of nitrogens with one attached hydrogen (secondary N) is 1. The number of piperazine rings is 1. The van der Waals surface area contributed by atoms with E-state index in [4.69, 9.17) is 0 Å². The van der Waals surface area contributed by atoms with Crippen LogP contribution in [0.5, 0.6) is 0 Å². The first-order chi connectivity index (χ1) is 11.0. The first-order valence-electron chi connectivity index (χ1n) is 8.28. The van der Waals surface area contributed by atoms with Gasteiger partial charge < -0.3 is 5.32 Å². The number of benzene rings is 1. The largest absolute Gasteiger partial charge is 0.419 e. The summed E-state index contributed by atoms with van der Waals surface area (Å²) in [5, 5.41) is 3.29. The summed E-state index contributed by atoms with van der Waals surface area (Å²) >= 11 is 0. The van der Waals surface area contributed by atoms with Gasteiger partial charge in [0.05, 0.1) is 5.56 Å². The van der Waals surface area contributed by atoms with Gasteiger partial charge in [-0.3, -0.25) is 4.90 Å². The van der Waals surface area contributed by atoms with Gasteiger partial charge in [-0.05, 0) is 36.5 Å². The van der Waals surface area contributed by atoms with Crippen LogP contribution in [0.4, 0.5) is 17.6 Å². The molecule has 0 radical (unpaired) electrons. The van der Waals surface area contributed by atoms with E-state index in [1.165, 1.54) is 6.07 Å². The number of hydrogen-bond donors (Lipinski definition) is 1. The average Bonchev–Trinajstić information content (AvgIpc) is 3.01. The molecule has 1 heterocycles. The Hall–Kier alpha value is -1.14. The maximum absolute atomic E-state index is 14.0. The average molecular weight is 330 g/mol. The van der Waals surface area contributed by atoms with Gasteiger partial charge in [0.15, 0.2) is 0 Å². The fourth-order valence-corrected chi connectivity index (χ4v) is 3.96. The van der Waals surface area contributed by atoms with Gasteiger partial charge in [-0.2, -0.15) is 13.2 Å². The van der Waals surface area contributed by atoms with Crippen molar-refractivity contribution >= 4 is 0 Å². The van der Waals surface area contributed by atoms with Crippen LogP contribution in [-0.4, -0.2) is 31.1 Å². The second-order valence-corrected chi connectivity index (χ2v) is 6.51. The minimum Gasteiger partial charge on any atom is -0.314 e. The maximum atomic E-state index is 14.0. The van der Waals surface area contributed by atoms with E-state index < -0.39 is 17.6 Å². The van der Waals surface area contributed by atoms with Gasteiger partial charge in [-0.25, -0.2) is 4.39 Å². The predicted molar refractivity (Wildman–Crippen MR) is 80.5 cm³/mol. The molecule has 0 bridgehead atoms. The number of alkyl halides is 3. The van der Waals surface area contributed by atoms with Gasteiger partial charge in [-0.1, -0.05) is 18.9 Å². The normalized spacial score (nSPS) is 22.4. The Balaban J connectivity index is 1.91. The summed E-state index contributed by atoms with van der Waals surface area (Å²) < 4.78 is 52.3. The van der Waals surface area contributed by atoms with Crippen molar-refractivity contribution in [1.82, 2.24) is 10.2 Å². The van der Waals surface area contributed by atoms with Crippen LogP contribution in [-0.2, 0) is 6.18 Å². The Morgan fingerprint density at radius 3 is 2.30 bits per heavy atom. The molecule has 2 fully saturated rings. The fraction of sp³-hybridized carbons (Fsp3) is 0.647. The van der Waals surface area contributed by atoms with E-state index in [0.717, 1.165) is 64.0 Å². The molecule has 2 aliphatic rings. The molecule has 0 unspecified atom stereocenters. The van der Waals surface area contributed by atoms with Gasteiger partial charge in [-0.15, -0.1) is 0 Å². The van der Waals surface area contributed by atoms with Crippen molar-refractivity contribution in [1.29, 1.82) is 0 Å². The molecule has 0 amide bonds. The molecule has 3 rings (SSSR count). The quantitative estimate of drug-likeness (QED) is 0.844. The number of nitrogens with zero attached hydrogens (tertiary/aromatic N) is 1. The first-order valence-corrected chi connectivity index (χ1v) is 8.28. The van der Waals surface area contributed by atoms with Crippen molar-refractivity contribution in [2.45, 2.75) is 37.9 Å². The molecule has 128 valence electrons. The van der Waals surface area contributed by atoms with Crippen molar-refractivity contribution in [2.75, 3.05) is 26.2 Å². The molecule has 6 heteroatoms. The molecule has 1 N–H and O–H groups in total. The minimum atomic E-state index is -4.64. The summed E-state index contributed by atoms with van der Waals surface area (Å²) in [7, 11) is 0. The topological polar surface area (TPSA) is 15.3 Å². The van der Waals surface area contributed by atoms with E-state index in [0.29, 0.717) is 11.5 Å². The molecule has 0 aromatic heterocycles. The Labute approximate surface area is 133 Å². The minimum absolute atomic E-state index is 0.0244. The summed E-state index contributed by atoms with van der Waals surface area (Å²) in [5.41, 5.74) is -0.490.